The van der Waals surface area contributed by atoms with E-state index in [0.717, 1.165) is 42.8 Å². The van der Waals surface area contributed by atoms with E-state index in [1.54, 1.807) is 24.7 Å². The van der Waals surface area contributed by atoms with Crippen molar-refractivity contribution < 1.29 is 4.92 Å². The highest BCUT2D eigenvalue weighted by molar-refractivity contribution is 5.99. The number of non-ortho nitro benzene ring substituents is 1. The van der Waals surface area contributed by atoms with Crippen molar-refractivity contribution in [3.63, 3.8) is 0 Å². The Labute approximate surface area is 156 Å². The lowest BCUT2D eigenvalue weighted by atomic mass is 10.1. The van der Waals surface area contributed by atoms with Crippen LogP contribution in [0.2, 0.25) is 0 Å². The Kier molecular flexibility index (Phi) is 4.53. The number of anilines is 2. The third kappa shape index (κ3) is 3.25. The predicted octanol–water partition coefficient (Wildman–Crippen LogP) is 3.04. The first-order valence-corrected chi connectivity index (χ1v) is 8.92. The summed E-state index contributed by atoms with van der Waals surface area (Å²) in [4.78, 5) is 19.5. The topological polar surface area (TPSA) is 88.3 Å². The third-order valence-corrected chi connectivity index (χ3v) is 5.09. The molecule has 1 fully saturated rings. The van der Waals surface area contributed by atoms with Gasteiger partial charge in [0.2, 0.25) is 0 Å². The normalized spacial score (nSPS) is 16.6. The highest BCUT2D eigenvalue weighted by Crippen LogP contribution is 2.33. The van der Waals surface area contributed by atoms with Crippen LogP contribution in [-0.4, -0.2) is 46.3 Å². The number of likely N-dealkylation sites (N-methyl/N-ethyl adjacent to an activating group) is 1. The second-order valence-electron chi connectivity index (χ2n) is 6.73. The van der Waals surface area contributed by atoms with Crippen molar-refractivity contribution in [1.29, 1.82) is 0 Å². The van der Waals surface area contributed by atoms with E-state index in [0.29, 0.717) is 11.4 Å². The van der Waals surface area contributed by atoms with Gasteiger partial charge in [0, 0.05) is 61.9 Å². The molecule has 3 heterocycles. The Morgan fingerprint density at radius 3 is 2.93 bits per heavy atom. The smallest absolute Gasteiger partial charge is 0.278 e. The van der Waals surface area contributed by atoms with E-state index in [2.05, 4.69) is 25.0 Å². The number of nitrogens with zero attached hydrogens (tertiary/aromatic N) is 6. The summed E-state index contributed by atoms with van der Waals surface area (Å²) < 4.78 is 0. The van der Waals surface area contributed by atoms with Crippen molar-refractivity contribution in [2.45, 2.75) is 18.9 Å². The fourth-order valence-electron chi connectivity index (χ4n) is 3.84. The monoisotopic (exact) mass is 364 g/mol. The van der Waals surface area contributed by atoms with E-state index in [1.807, 2.05) is 31.3 Å². The average Bonchev–Trinajstić information content (AvgIpc) is 3.15. The van der Waals surface area contributed by atoms with Crippen LogP contribution in [0.1, 0.15) is 12.8 Å². The molecule has 0 saturated carbocycles. The summed E-state index contributed by atoms with van der Waals surface area (Å²) in [7, 11) is 2.02. The molecule has 27 heavy (non-hydrogen) atoms. The number of pyridine rings is 1. The van der Waals surface area contributed by atoms with Crippen molar-refractivity contribution in [2.24, 2.45) is 0 Å². The van der Waals surface area contributed by atoms with Gasteiger partial charge in [0.1, 0.15) is 0 Å². The number of hydrogen-bond acceptors (Lipinski definition) is 7. The second kappa shape index (κ2) is 7.14. The Hall–Kier alpha value is -3.29. The predicted molar refractivity (Wildman–Crippen MR) is 104 cm³/mol. The molecule has 0 spiro atoms. The number of benzene rings is 1. The highest BCUT2D eigenvalue weighted by Gasteiger charge is 2.27. The molecule has 1 aliphatic heterocycles. The molecule has 1 aromatic carbocycles. The van der Waals surface area contributed by atoms with E-state index in [-0.39, 0.29) is 10.6 Å². The lowest BCUT2D eigenvalue weighted by Crippen LogP contribution is -2.39. The number of nitro benzene ring substituents is 1. The summed E-state index contributed by atoms with van der Waals surface area (Å²) in [5, 5.41) is 21.0. The SMILES string of the molecule is CN(CC1CCCN1c1cccnn1)c1ccc([N+](=O)[O-])c2cnccc12. The molecule has 8 nitrogen and oxygen atoms in total. The van der Waals surface area contributed by atoms with E-state index in [1.165, 1.54) is 0 Å². The molecule has 3 aromatic rings. The van der Waals surface area contributed by atoms with Crippen molar-refractivity contribution in [3.8, 4) is 0 Å². The van der Waals surface area contributed by atoms with Gasteiger partial charge in [0.05, 0.1) is 10.3 Å². The molecule has 1 atom stereocenters. The minimum atomic E-state index is -0.361. The van der Waals surface area contributed by atoms with E-state index in [9.17, 15) is 10.1 Å². The van der Waals surface area contributed by atoms with Gasteiger partial charge in [-0.2, -0.15) is 5.10 Å². The zero-order valence-electron chi connectivity index (χ0n) is 15.0. The number of rotatable bonds is 5. The van der Waals surface area contributed by atoms with Crippen LogP contribution in [-0.2, 0) is 0 Å². The Balaban J connectivity index is 1.63. The Bertz CT molecular complexity index is 965. The summed E-state index contributed by atoms with van der Waals surface area (Å²) in [6.07, 6.45) is 7.10. The molecule has 0 radical (unpaired) electrons. The standard InChI is InChI=1S/C19H20N6O2/c1-23(13-14-4-3-11-24(14)19-5-2-9-21-22-19)17-6-7-18(25(26)27)16-12-20-10-8-15(16)17/h2,5-10,12,14H,3-4,11,13H2,1H3. The quantitative estimate of drug-likeness (QED) is 0.508. The van der Waals surface area contributed by atoms with Crippen LogP contribution in [0.15, 0.2) is 48.9 Å². The van der Waals surface area contributed by atoms with Crippen molar-refractivity contribution >= 4 is 28.0 Å². The first-order valence-electron chi connectivity index (χ1n) is 8.92. The van der Waals surface area contributed by atoms with Crippen LogP contribution in [0, 0.1) is 10.1 Å². The summed E-state index contributed by atoms with van der Waals surface area (Å²) in [6.45, 7) is 1.76. The second-order valence-corrected chi connectivity index (χ2v) is 6.73. The zero-order chi connectivity index (χ0) is 18.8. The molecular weight excluding hydrogens is 344 g/mol. The summed E-state index contributed by atoms with van der Waals surface area (Å²) >= 11 is 0. The lowest BCUT2D eigenvalue weighted by molar-refractivity contribution is -0.383. The number of hydrogen-bond donors (Lipinski definition) is 0. The molecule has 0 bridgehead atoms. The minimum Gasteiger partial charge on any atom is -0.372 e. The fraction of sp³-hybridized carbons (Fsp3) is 0.316. The van der Waals surface area contributed by atoms with Crippen molar-refractivity contribution in [3.05, 3.63) is 59.0 Å². The molecule has 1 unspecified atom stereocenters. The molecule has 0 aliphatic carbocycles. The largest absolute Gasteiger partial charge is 0.372 e. The van der Waals surface area contributed by atoms with Gasteiger partial charge in [-0.25, -0.2) is 0 Å². The van der Waals surface area contributed by atoms with Gasteiger partial charge < -0.3 is 9.80 Å². The molecule has 1 saturated heterocycles. The van der Waals surface area contributed by atoms with Crippen molar-refractivity contribution in [1.82, 2.24) is 15.2 Å². The van der Waals surface area contributed by atoms with Crippen LogP contribution >= 0.6 is 0 Å². The minimum absolute atomic E-state index is 0.0808. The van der Waals surface area contributed by atoms with Crippen molar-refractivity contribution in [2.75, 3.05) is 29.9 Å². The summed E-state index contributed by atoms with van der Waals surface area (Å²) in [5.41, 5.74) is 1.04. The van der Waals surface area contributed by atoms with Gasteiger partial charge in [0.15, 0.2) is 5.82 Å². The third-order valence-electron chi connectivity index (χ3n) is 5.09. The molecule has 1 aliphatic rings. The number of aromatic nitrogens is 3. The fourth-order valence-corrected chi connectivity index (χ4v) is 3.84. The van der Waals surface area contributed by atoms with Crippen LogP contribution < -0.4 is 9.80 Å². The summed E-state index contributed by atoms with van der Waals surface area (Å²) in [6, 6.07) is 9.42. The van der Waals surface area contributed by atoms with Crippen LogP contribution in [0.4, 0.5) is 17.2 Å². The maximum atomic E-state index is 11.3. The number of nitro groups is 1. The molecule has 4 rings (SSSR count). The molecule has 138 valence electrons. The molecule has 2 aromatic heterocycles. The highest BCUT2D eigenvalue weighted by atomic mass is 16.6. The first kappa shape index (κ1) is 17.1. The van der Waals surface area contributed by atoms with Crippen LogP contribution in [0.25, 0.3) is 10.8 Å². The van der Waals surface area contributed by atoms with E-state index >= 15 is 0 Å². The molecule has 8 heteroatoms. The number of fused-ring (bicyclic) bond motifs is 1. The first-order chi connectivity index (χ1) is 13.1. The lowest BCUT2D eigenvalue weighted by Gasteiger charge is -2.30. The maximum Gasteiger partial charge on any atom is 0.278 e. The van der Waals surface area contributed by atoms with Gasteiger partial charge in [-0.1, -0.05) is 0 Å². The van der Waals surface area contributed by atoms with Gasteiger partial charge in [-0.15, -0.1) is 5.10 Å². The van der Waals surface area contributed by atoms with Crippen LogP contribution in [0.3, 0.4) is 0 Å². The zero-order valence-corrected chi connectivity index (χ0v) is 15.0. The Morgan fingerprint density at radius 1 is 1.26 bits per heavy atom. The summed E-state index contributed by atoms with van der Waals surface area (Å²) in [5.74, 6) is 0.895. The molecule has 0 N–H and O–H groups in total. The van der Waals surface area contributed by atoms with Gasteiger partial charge in [-0.3, -0.25) is 15.1 Å². The van der Waals surface area contributed by atoms with E-state index in [4.69, 9.17) is 0 Å². The maximum absolute atomic E-state index is 11.3. The Morgan fingerprint density at radius 2 is 2.15 bits per heavy atom. The van der Waals surface area contributed by atoms with Gasteiger partial charge >= 0.3 is 0 Å². The van der Waals surface area contributed by atoms with Gasteiger partial charge in [0.25, 0.3) is 5.69 Å². The van der Waals surface area contributed by atoms with Gasteiger partial charge in [-0.05, 0) is 37.1 Å². The molecule has 0 amide bonds. The molecular formula is C19H20N6O2. The van der Waals surface area contributed by atoms with Crippen LogP contribution in [0.5, 0.6) is 0 Å². The van der Waals surface area contributed by atoms with E-state index < -0.39 is 0 Å². The average molecular weight is 364 g/mol.